The van der Waals surface area contributed by atoms with Crippen molar-refractivity contribution < 1.29 is 4.74 Å². The van der Waals surface area contributed by atoms with E-state index in [9.17, 15) is 0 Å². The number of hydrogen-bond acceptors (Lipinski definition) is 1. The van der Waals surface area contributed by atoms with Crippen LogP contribution in [-0.2, 0) is 4.74 Å². The van der Waals surface area contributed by atoms with E-state index in [1.807, 2.05) is 0 Å². The Morgan fingerprint density at radius 3 is 2.75 bits per heavy atom. The second-order valence-corrected chi connectivity index (χ2v) is 6.31. The van der Waals surface area contributed by atoms with Crippen LogP contribution in [0.2, 0.25) is 0 Å². The van der Waals surface area contributed by atoms with E-state index in [0.717, 1.165) is 12.8 Å². The largest absolute Gasteiger partial charge is 0.366 e. The van der Waals surface area contributed by atoms with E-state index >= 15 is 0 Å². The molecule has 1 heterocycles. The van der Waals surface area contributed by atoms with Crippen LogP contribution in [0.5, 0.6) is 0 Å². The first-order chi connectivity index (χ1) is 7.41. The lowest BCUT2D eigenvalue weighted by Gasteiger charge is -2.18. The second kappa shape index (κ2) is 4.03. The van der Waals surface area contributed by atoms with E-state index in [0.29, 0.717) is 6.10 Å². The van der Waals surface area contributed by atoms with Gasteiger partial charge in [0.1, 0.15) is 0 Å². The molecule has 1 aliphatic heterocycles. The fourth-order valence-electron chi connectivity index (χ4n) is 2.41. The number of epoxide rings is 1. The Balaban J connectivity index is 2.11. The molecule has 0 aromatic rings. The second-order valence-electron chi connectivity index (χ2n) is 6.31. The van der Waals surface area contributed by atoms with Crippen LogP contribution < -0.4 is 0 Å². The summed E-state index contributed by atoms with van der Waals surface area (Å²) in [5.41, 5.74) is 1.94. The Bertz CT molecular complexity index is 324. The fraction of sp³-hybridized carbons (Fsp3) is 0.733. The Morgan fingerprint density at radius 2 is 2.00 bits per heavy atom. The highest BCUT2D eigenvalue weighted by atomic mass is 16.6. The quantitative estimate of drug-likeness (QED) is 0.439. The standard InChI is InChI=1S/C15H24O/c1-12-6-7-13-15(4,16-13)10-5-9-14(2,3)11-8-12/h5,8-9,13H,6-7,10-11H2,1-4H3/b9-5-,12-8-/t13-,15+/m0/s1. The van der Waals surface area contributed by atoms with E-state index in [2.05, 4.69) is 45.9 Å². The highest BCUT2D eigenvalue weighted by molar-refractivity contribution is 5.11. The van der Waals surface area contributed by atoms with Crippen molar-refractivity contribution in [1.82, 2.24) is 0 Å². The van der Waals surface area contributed by atoms with Crippen LogP contribution in [0.25, 0.3) is 0 Å². The minimum Gasteiger partial charge on any atom is -0.366 e. The van der Waals surface area contributed by atoms with Gasteiger partial charge in [0.25, 0.3) is 0 Å². The van der Waals surface area contributed by atoms with Crippen molar-refractivity contribution in [2.75, 3.05) is 0 Å². The number of fused-ring (bicyclic) bond motifs is 1. The van der Waals surface area contributed by atoms with Crippen LogP contribution in [0.1, 0.15) is 53.4 Å². The summed E-state index contributed by atoms with van der Waals surface area (Å²) in [5, 5.41) is 0. The average molecular weight is 220 g/mol. The van der Waals surface area contributed by atoms with Gasteiger partial charge in [-0.1, -0.05) is 37.6 Å². The van der Waals surface area contributed by atoms with Crippen molar-refractivity contribution in [2.24, 2.45) is 5.41 Å². The molecule has 0 aromatic heterocycles. The van der Waals surface area contributed by atoms with Gasteiger partial charge in [0.15, 0.2) is 0 Å². The molecule has 1 saturated heterocycles. The van der Waals surface area contributed by atoms with E-state index in [-0.39, 0.29) is 11.0 Å². The molecule has 0 aromatic carbocycles. The summed E-state index contributed by atoms with van der Waals surface area (Å²) < 4.78 is 5.82. The molecule has 90 valence electrons. The number of allylic oxidation sites excluding steroid dienone is 3. The Labute approximate surface area is 99.6 Å². The summed E-state index contributed by atoms with van der Waals surface area (Å²) in [6.45, 7) is 9.10. The van der Waals surface area contributed by atoms with Gasteiger partial charge in [0.05, 0.1) is 11.7 Å². The zero-order valence-electron chi connectivity index (χ0n) is 11.0. The molecule has 1 aliphatic carbocycles. The molecule has 1 nitrogen and oxygen atoms in total. The lowest BCUT2D eigenvalue weighted by Crippen LogP contribution is -2.09. The lowest BCUT2D eigenvalue weighted by molar-refractivity contribution is 0.306. The van der Waals surface area contributed by atoms with Crippen LogP contribution in [0.15, 0.2) is 23.8 Å². The van der Waals surface area contributed by atoms with Crippen molar-refractivity contribution in [2.45, 2.75) is 65.1 Å². The summed E-state index contributed by atoms with van der Waals surface area (Å²) in [6, 6.07) is 0. The van der Waals surface area contributed by atoms with Crippen molar-refractivity contribution in [1.29, 1.82) is 0 Å². The molecule has 1 heteroatoms. The van der Waals surface area contributed by atoms with Gasteiger partial charge < -0.3 is 4.74 Å². The Morgan fingerprint density at radius 1 is 1.25 bits per heavy atom. The van der Waals surface area contributed by atoms with E-state index in [1.165, 1.54) is 18.4 Å². The summed E-state index contributed by atoms with van der Waals surface area (Å²) in [6.07, 6.45) is 12.2. The molecule has 0 amide bonds. The molecule has 2 aliphatic rings. The van der Waals surface area contributed by atoms with Gasteiger partial charge in [-0.25, -0.2) is 0 Å². The summed E-state index contributed by atoms with van der Waals surface area (Å²) >= 11 is 0. The maximum atomic E-state index is 5.82. The zero-order chi connectivity index (χ0) is 11.8. The molecular weight excluding hydrogens is 196 g/mol. The Kier molecular flexibility index (Phi) is 3.00. The molecule has 16 heavy (non-hydrogen) atoms. The maximum absolute atomic E-state index is 5.82. The third-order valence-electron chi connectivity index (χ3n) is 3.91. The lowest BCUT2D eigenvalue weighted by atomic mass is 9.87. The predicted molar refractivity (Wildman–Crippen MR) is 68.4 cm³/mol. The minimum atomic E-state index is 0.136. The zero-order valence-corrected chi connectivity index (χ0v) is 11.0. The van der Waals surface area contributed by atoms with E-state index < -0.39 is 0 Å². The molecule has 0 radical (unpaired) electrons. The predicted octanol–water partition coefficient (Wildman–Crippen LogP) is 4.25. The van der Waals surface area contributed by atoms with Crippen LogP contribution >= 0.6 is 0 Å². The van der Waals surface area contributed by atoms with Crippen molar-refractivity contribution in [3.8, 4) is 0 Å². The highest BCUT2D eigenvalue weighted by Crippen LogP contribution is 2.43. The number of hydrogen-bond donors (Lipinski definition) is 0. The van der Waals surface area contributed by atoms with Crippen LogP contribution in [0.4, 0.5) is 0 Å². The van der Waals surface area contributed by atoms with Gasteiger partial charge in [-0.05, 0) is 44.9 Å². The Hall–Kier alpha value is -0.560. The van der Waals surface area contributed by atoms with E-state index in [1.54, 1.807) is 0 Å². The third-order valence-corrected chi connectivity index (χ3v) is 3.91. The van der Waals surface area contributed by atoms with Gasteiger partial charge in [0, 0.05) is 0 Å². The first kappa shape index (κ1) is 11.9. The van der Waals surface area contributed by atoms with Crippen molar-refractivity contribution in [3.05, 3.63) is 23.8 Å². The first-order valence-corrected chi connectivity index (χ1v) is 6.42. The van der Waals surface area contributed by atoms with Gasteiger partial charge in [-0.15, -0.1) is 0 Å². The average Bonchev–Trinajstić information content (AvgIpc) is 2.82. The van der Waals surface area contributed by atoms with Gasteiger partial charge in [0.2, 0.25) is 0 Å². The van der Waals surface area contributed by atoms with Crippen LogP contribution in [0, 0.1) is 5.41 Å². The monoisotopic (exact) mass is 220 g/mol. The normalized spacial score (nSPS) is 43.5. The van der Waals surface area contributed by atoms with Crippen LogP contribution in [-0.4, -0.2) is 11.7 Å². The number of rotatable bonds is 0. The van der Waals surface area contributed by atoms with Gasteiger partial charge >= 0.3 is 0 Å². The maximum Gasteiger partial charge on any atom is 0.0954 e. The number of ether oxygens (including phenoxy) is 1. The van der Waals surface area contributed by atoms with Crippen molar-refractivity contribution in [3.63, 3.8) is 0 Å². The molecule has 0 unspecified atom stereocenters. The first-order valence-electron chi connectivity index (χ1n) is 6.42. The molecule has 0 saturated carbocycles. The van der Waals surface area contributed by atoms with Crippen molar-refractivity contribution >= 4 is 0 Å². The summed E-state index contributed by atoms with van der Waals surface area (Å²) in [4.78, 5) is 0. The minimum absolute atomic E-state index is 0.136. The fourth-order valence-corrected chi connectivity index (χ4v) is 2.41. The molecule has 2 rings (SSSR count). The van der Waals surface area contributed by atoms with Gasteiger partial charge in [-0.3, -0.25) is 0 Å². The van der Waals surface area contributed by atoms with Gasteiger partial charge in [-0.2, -0.15) is 0 Å². The topological polar surface area (TPSA) is 12.5 Å². The molecule has 1 fully saturated rings. The summed E-state index contributed by atoms with van der Waals surface area (Å²) in [5.74, 6) is 0. The van der Waals surface area contributed by atoms with E-state index in [4.69, 9.17) is 4.74 Å². The summed E-state index contributed by atoms with van der Waals surface area (Å²) in [7, 11) is 0. The highest BCUT2D eigenvalue weighted by Gasteiger charge is 2.50. The SMILES string of the molecule is C/C1=C/CC(C)(C)/C=C\C[C@@]2(C)O[C@H]2CC1. The third kappa shape index (κ3) is 2.76. The van der Waals surface area contributed by atoms with Crippen LogP contribution in [0.3, 0.4) is 0 Å². The molecular formula is C15H24O. The molecule has 2 atom stereocenters. The smallest absolute Gasteiger partial charge is 0.0954 e. The molecule has 0 spiro atoms. The molecule has 0 N–H and O–H groups in total. The molecule has 0 bridgehead atoms.